The Hall–Kier alpha value is -2.12. The second-order valence-corrected chi connectivity index (χ2v) is 7.10. The molecule has 1 aromatic carbocycles. The standard InChI is InChI=1S/C16H21N3O3S/c1-13-4-6-15(7-5-13)23(21,22)19-11-8-14(12-19)16(20)18-10-3-9-17-2/h4-8,11-12,17H,3,9-10H2,1-2H3,(H,18,20). The Morgan fingerprint density at radius 2 is 1.83 bits per heavy atom. The van der Waals surface area contributed by atoms with Crippen LogP contribution < -0.4 is 10.6 Å². The molecule has 0 saturated carbocycles. The molecule has 0 unspecified atom stereocenters. The second-order valence-electron chi connectivity index (χ2n) is 5.26. The van der Waals surface area contributed by atoms with E-state index in [1.165, 1.54) is 18.5 Å². The van der Waals surface area contributed by atoms with Gasteiger partial charge in [0.15, 0.2) is 0 Å². The summed E-state index contributed by atoms with van der Waals surface area (Å²) in [5.74, 6) is -0.279. The molecule has 1 heterocycles. The quantitative estimate of drug-likeness (QED) is 0.749. The van der Waals surface area contributed by atoms with Gasteiger partial charge in [0.25, 0.3) is 15.9 Å². The van der Waals surface area contributed by atoms with E-state index in [2.05, 4.69) is 10.6 Å². The van der Waals surface area contributed by atoms with Crippen molar-refractivity contribution >= 4 is 15.9 Å². The van der Waals surface area contributed by atoms with Gasteiger partial charge in [-0.25, -0.2) is 12.4 Å². The zero-order valence-corrected chi connectivity index (χ0v) is 14.1. The Labute approximate surface area is 136 Å². The number of aryl methyl sites for hydroxylation is 1. The molecule has 0 aliphatic carbocycles. The fraction of sp³-hybridized carbons (Fsp3) is 0.312. The molecule has 0 aliphatic heterocycles. The van der Waals surface area contributed by atoms with Crippen LogP contribution in [0.1, 0.15) is 22.3 Å². The minimum atomic E-state index is -3.67. The molecule has 0 spiro atoms. The van der Waals surface area contributed by atoms with Crippen LogP contribution in [0.15, 0.2) is 47.6 Å². The average Bonchev–Trinajstić information content (AvgIpc) is 3.02. The molecule has 1 amide bonds. The summed E-state index contributed by atoms with van der Waals surface area (Å²) < 4.78 is 26.1. The van der Waals surface area contributed by atoms with Crippen molar-refractivity contribution < 1.29 is 13.2 Å². The number of nitrogens with one attached hydrogen (secondary N) is 2. The molecule has 7 heteroatoms. The number of hydrogen-bond acceptors (Lipinski definition) is 4. The average molecular weight is 335 g/mol. The third kappa shape index (κ3) is 4.20. The molecule has 6 nitrogen and oxygen atoms in total. The summed E-state index contributed by atoms with van der Waals surface area (Å²) in [4.78, 5) is 12.2. The zero-order valence-electron chi connectivity index (χ0n) is 13.2. The monoisotopic (exact) mass is 335 g/mol. The minimum absolute atomic E-state index is 0.194. The molecular formula is C16H21N3O3S. The van der Waals surface area contributed by atoms with E-state index >= 15 is 0 Å². The Morgan fingerprint density at radius 1 is 1.13 bits per heavy atom. The predicted octanol–water partition coefficient (Wildman–Crippen LogP) is 1.37. The molecule has 1 aromatic heterocycles. The second kappa shape index (κ2) is 7.43. The van der Waals surface area contributed by atoms with Crippen molar-refractivity contribution in [2.45, 2.75) is 18.2 Å². The Bertz CT molecular complexity index is 764. The molecule has 0 saturated heterocycles. The van der Waals surface area contributed by atoms with Gasteiger partial charge >= 0.3 is 0 Å². The van der Waals surface area contributed by atoms with E-state index in [0.717, 1.165) is 22.5 Å². The molecule has 0 radical (unpaired) electrons. The lowest BCUT2D eigenvalue weighted by Gasteiger charge is -2.06. The SMILES string of the molecule is CNCCCNC(=O)c1ccn(S(=O)(=O)c2ccc(C)cc2)c1. The van der Waals surface area contributed by atoms with Crippen molar-refractivity contribution in [3.63, 3.8) is 0 Å². The number of nitrogens with zero attached hydrogens (tertiary/aromatic N) is 1. The molecule has 23 heavy (non-hydrogen) atoms. The smallest absolute Gasteiger partial charge is 0.267 e. The predicted molar refractivity (Wildman–Crippen MR) is 89.1 cm³/mol. The lowest BCUT2D eigenvalue weighted by Crippen LogP contribution is -2.26. The van der Waals surface area contributed by atoms with Gasteiger partial charge in [-0.3, -0.25) is 4.79 Å². The van der Waals surface area contributed by atoms with Crippen LogP contribution in [0, 0.1) is 6.92 Å². The van der Waals surface area contributed by atoms with Gasteiger partial charge in [-0.05, 0) is 45.1 Å². The summed E-state index contributed by atoms with van der Waals surface area (Å²) >= 11 is 0. The fourth-order valence-electron chi connectivity index (χ4n) is 2.06. The van der Waals surface area contributed by atoms with Crippen molar-refractivity contribution in [3.8, 4) is 0 Å². The number of amides is 1. The zero-order chi connectivity index (χ0) is 16.9. The molecule has 0 fully saturated rings. The molecule has 124 valence electrons. The number of hydrogen-bond donors (Lipinski definition) is 2. The molecule has 2 aromatic rings. The maximum atomic E-state index is 12.5. The Morgan fingerprint density at radius 3 is 2.48 bits per heavy atom. The molecule has 0 bridgehead atoms. The highest BCUT2D eigenvalue weighted by Crippen LogP contribution is 2.16. The van der Waals surface area contributed by atoms with Crippen molar-refractivity contribution in [2.24, 2.45) is 0 Å². The van der Waals surface area contributed by atoms with Gasteiger partial charge in [0.2, 0.25) is 0 Å². The van der Waals surface area contributed by atoms with Crippen LogP contribution in [0.4, 0.5) is 0 Å². The van der Waals surface area contributed by atoms with Crippen LogP contribution in [-0.4, -0.2) is 38.4 Å². The lowest BCUT2D eigenvalue weighted by molar-refractivity contribution is 0.0953. The lowest BCUT2D eigenvalue weighted by atomic mass is 10.2. The summed E-state index contributed by atoms with van der Waals surface area (Å²) in [6, 6.07) is 8.10. The third-order valence-corrected chi connectivity index (χ3v) is 5.07. The van der Waals surface area contributed by atoms with Crippen molar-refractivity contribution in [3.05, 3.63) is 53.9 Å². The maximum absolute atomic E-state index is 12.5. The molecular weight excluding hydrogens is 314 g/mol. The van der Waals surface area contributed by atoms with Gasteiger partial charge in [-0.1, -0.05) is 17.7 Å². The van der Waals surface area contributed by atoms with Gasteiger partial charge in [-0.2, -0.15) is 0 Å². The summed E-state index contributed by atoms with van der Waals surface area (Å²) in [7, 11) is -1.83. The first kappa shape index (κ1) is 17.2. The minimum Gasteiger partial charge on any atom is -0.352 e. The highest BCUT2D eigenvalue weighted by molar-refractivity contribution is 7.90. The fourth-order valence-corrected chi connectivity index (χ4v) is 3.26. The summed E-state index contributed by atoms with van der Waals surface area (Å²) in [5.41, 5.74) is 1.31. The first-order valence-electron chi connectivity index (χ1n) is 7.38. The number of benzene rings is 1. The van der Waals surface area contributed by atoms with E-state index in [1.807, 2.05) is 14.0 Å². The van der Waals surface area contributed by atoms with E-state index in [0.29, 0.717) is 12.1 Å². The maximum Gasteiger partial charge on any atom is 0.267 e. The van der Waals surface area contributed by atoms with Gasteiger partial charge in [0.05, 0.1) is 10.5 Å². The highest BCUT2D eigenvalue weighted by atomic mass is 32.2. The molecule has 0 atom stereocenters. The van der Waals surface area contributed by atoms with E-state index in [1.54, 1.807) is 24.3 Å². The largest absolute Gasteiger partial charge is 0.352 e. The van der Waals surface area contributed by atoms with Crippen LogP contribution in [0.2, 0.25) is 0 Å². The summed E-state index contributed by atoms with van der Waals surface area (Å²) in [6.07, 6.45) is 3.53. The van der Waals surface area contributed by atoms with Crippen LogP contribution >= 0.6 is 0 Å². The number of rotatable bonds is 7. The van der Waals surface area contributed by atoms with Crippen LogP contribution in [-0.2, 0) is 10.0 Å². The van der Waals surface area contributed by atoms with E-state index in [-0.39, 0.29) is 10.8 Å². The van der Waals surface area contributed by atoms with Gasteiger partial charge in [-0.15, -0.1) is 0 Å². The van der Waals surface area contributed by atoms with Crippen molar-refractivity contribution in [1.29, 1.82) is 0 Å². The molecule has 2 N–H and O–H groups in total. The molecule has 0 aliphatic rings. The first-order valence-corrected chi connectivity index (χ1v) is 8.82. The van der Waals surface area contributed by atoms with Gasteiger partial charge in [0, 0.05) is 18.9 Å². The number of carbonyl (C=O) groups excluding carboxylic acids is 1. The summed E-state index contributed by atoms with van der Waals surface area (Å²) in [6.45, 7) is 3.24. The Balaban J connectivity index is 2.11. The molecule has 2 rings (SSSR count). The van der Waals surface area contributed by atoms with Gasteiger partial charge in [0.1, 0.15) is 0 Å². The summed E-state index contributed by atoms with van der Waals surface area (Å²) in [5, 5.41) is 5.75. The third-order valence-electron chi connectivity index (χ3n) is 3.42. The number of carbonyl (C=O) groups is 1. The van der Waals surface area contributed by atoms with E-state index in [4.69, 9.17) is 0 Å². The van der Waals surface area contributed by atoms with Crippen LogP contribution in [0.5, 0.6) is 0 Å². The normalized spacial score (nSPS) is 11.4. The van der Waals surface area contributed by atoms with E-state index in [9.17, 15) is 13.2 Å². The van der Waals surface area contributed by atoms with Gasteiger partial charge < -0.3 is 10.6 Å². The number of aromatic nitrogens is 1. The first-order chi connectivity index (χ1) is 10.9. The van der Waals surface area contributed by atoms with Crippen molar-refractivity contribution in [1.82, 2.24) is 14.6 Å². The van der Waals surface area contributed by atoms with Crippen molar-refractivity contribution in [2.75, 3.05) is 20.1 Å². The highest BCUT2D eigenvalue weighted by Gasteiger charge is 2.18. The topological polar surface area (TPSA) is 80.2 Å². The van der Waals surface area contributed by atoms with Crippen LogP contribution in [0.3, 0.4) is 0 Å². The van der Waals surface area contributed by atoms with E-state index < -0.39 is 10.0 Å². The Kier molecular flexibility index (Phi) is 5.57. The van der Waals surface area contributed by atoms with Crippen LogP contribution in [0.25, 0.3) is 0 Å².